The van der Waals surface area contributed by atoms with E-state index < -0.39 is 0 Å². The first-order valence-electron chi connectivity index (χ1n) is 9.46. The summed E-state index contributed by atoms with van der Waals surface area (Å²) in [6, 6.07) is 11.1. The normalized spacial score (nSPS) is 18.2. The van der Waals surface area contributed by atoms with Crippen LogP contribution in [0, 0.1) is 0 Å². The van der Waals surface area contributed by atoms with Gasteiger partial charge in [0.2, 0.25) is 0 Å². The van der Waals surface area contributed by atoms with E-state index in [0.717, 1.165) is 35.3 Å². The number of fused-ring (bicyclic) bond motifs is 1. The van der Waals surface area contributed by atoms with Gasteiger partial charge in [-0.05, 0) is 38.8 Å². The first kappa shape index (κ1) is 18.7. The Morgan fingerprint density at radius 3 is 2.74 bits per heavy atom. The summed E-state index contributed by atoms with van der Waals surface area (Å²) in [7, 11) is 4.14. The number of hydrogen-bond donors (Lipinski definition) is 0. The third-order valence-electron chi connectivity index (χ3n) is 4.96. The van der Waals surface area contributed by atoms with E-state index in [9.17, 15) is 0 Å². The predicted molar refractivity (Wildman–Crippen MR) is 119 cm³/mol. The van der Waals surface area contributed by atoms with Crippen LogP contribution >= 0.6 is 23.1 Å². The lowest BCUT2D eigenvalue weighted by molar-refractivity contribution is 0.391. The molecule has 3 aromatic rings. The Morgan fingerprint density at radius 2 is 1.96 bits per heavy atom. The summed E-state index contributed by atoms with van der Waals surface area (Å²) < 4.78 is 0. The summed E-state index contributed by atoms with van der Waals surface area (Å²) >= 11 is 3.78. The third-order valence-corrected chi connectivity index (χ3v) is 6.83. The molecular formula is C21H26N4S2. The highest BCUT2D eigenvalue weighted by atomic mass is 32.2. The summed E-state index contributed by atoms with van der Waals surface area (Å²) in [5, 5.41) is 3.46. The van der Waals surface area contributed by atoms with E-state index in [4.69, 9.17) is 9.97 Å². The fourth-order valence-corrected chi connectivity index (χ4v) is 5.57. The van der Waals surface area contributed by atoms with Gasteiger partial charge in [0.25, 0.3) is 0 Å². The molecule has 0 radical (unpaired) electrons. The summed E-state index contributed by atoms with van der Waals surface area (Å²) in [5.41, 5.74) is 2.50. The number of anilines is 1. The van der Waals surface area contributed by atoms with Crippen LogP contribution in [-0.4, -0.2) is 53.1 Å². The summed E-state index contributed by atoms with van der Waals surface area (Å²) in [6.45, 7) is 4.14. The molecule has 1 aromatic carbocycles. The maximum Gasteiger partial charge on any atom is 0.146 e. The van der Waals surface area contributed by atoms with Gasteiger partial charge in [-0.3, -0.25) is 0 Å². The molecule has 3 heterocycles. The quantitative estimate of drug-likeness (QED) is 0.633. The highest BCUT2D eigenvalue weighted by molar-refractivity contribution is 7.99. The van der Waals surface area contributed by atoms with Gasteiger partial charge in [-0.2, -0.15) is 11.8 Å². The third kappa shape index (κ3) is 3.98. The van der Waals surface area contributed by atoms with Crippen LogP contribution in [-0.2, 0) is 6.54 Å². The molecule has 0 bridgehead atoms. The smallest absolute Gasteiger partial charge is 0.146 e. The van der Waals surface area contributed by atoms with E-state index in [2.05, 4.69) is 78.3 Å². The van der Waals surface area contributed by atoms with E-state index in [0.29, 0.717) is 6.04 Å². The fraction of sp³-hybridized carbons (Fsp3) is 0.429. The van der Waals surface area contributed by atoms with Crippen LogP contribution in [0.5, 0.6) is 0 Å². The molecular weight excluding hydrogens is 372 g/mol. The van der Waals surface area contributed by atoms with Crippen LogP contribution in [0.3, 0.4) is 0 Å². The van der Waals surface area contributed by atoms with Crippen molar-refractivity contribution >= 4 is 39.1 Å². The van der Waals surface area contributed by atoms with Gasteiger partial charge < -0.3 is 9.80 Å². The van der Waals surface area contributed by atoms with E-state index >= 15 is 0 Å². The van der Waals surface area contributed by atoms with Crippen molar-refractivity contribution in [1.29, 1.82) is 0 Å². The van der Waals surface area contributed by atoms with Crippen LogP contribution in [0.4, 0.5) is 5.82 Å². The van der Waals surface area contributed by atoms with Crippen LogP contribution in [0.2, 0.25) is 0 Å². The van der Waals surface area contributed by atoms with Gasteiger partial charge in [-0.1, -0.05) is 30.3 Å². The van der Waals surface area contributed by atoms with Crippen molar-refractivity contribution in [2.24, 2.45) is 0 Å². The first-order chi connectivity index (χ1) is 13.1. The Morgan fingerprint density at radius 1 is 1.15 bits per heavy atom. The maximum absolute atomic E-state index is 5.09. The van der Waals surface area contributed by atoms with Gasteiger partial charge in [0.05, 0.1) is 11.9 Å². The zero-order valence-corrected chi connectivity index (χ0v) is 17.8. The topological polar surface area (TPSA) is 32.3 Å². The summed E-state index contributed by atoms with van der Waals surface area (Å²) in [5.74, 6) is 4.41. The van der Waals surface area contributed by atoms with Crippen molar-refractivity contribution in [1.82, 2.24) is 14.9 Å². The summed E-state index contributed by atoms with van der Waals surface area (Å²) in [4.78, 5) is 15.7. The fourth-order valence-electron chi connectivity index (χ4n) is 3.57. The molecule has 1 fully saturated rings. The average Bonchev–Trinajstić information content (AvgIpc) is 2.96. The van der Waals surface area contributed by atoms with Gasteiger partial charge >= 0.3 is 0 Å². The van der Waals surface area contributed by atoms with Gasteiger partial charge in [0.1, 0.15) is 16.5 Å². The molecule has 27 heavy (non-hydrogen) atoms. The van der Waals surface area contributed by atoms with Crippen LogP contribution in [0.15, 0.2) is 35.7 Å². The molecule has 4 rings (SSSR count). The average molecular weight is 399 g/mol. The molecule has 2 aromatic heterocycles. The number of rotatable bonds is 4. The van der Waals surface area contributed by atoms with Gasteiger partial charge in [0, 0.05) is 29.3 Å². The van der Waals surface area contributed by atoms with Gasteiger partial charge in [-0.15, -0.1) is 11.3 Å². The number of thiophene rings is 1. The van der Waals surface area contributed by atoms with Crippen molar-refractivity contribution in [2.45, 2.75) is 25.9 Å². The highest BCUT2D eigenvalue weighted by Crippen LogP contribution is 2.39. The minimum Gasteiger partial charge on any atom is -0.352 e. The standard InChI is InChI=1S/C21H26N4S2/c1-15-9-11-26-12-10-25(15)20-19-17(16-7-5-4-6-8-16)14-27-21(19)23-18(22-20)13-24(2)3/h4-8,14-15H,9-13H2,1-3H3. The number of nitrogens with zero attached hydrogens (tertiary/aromatic N) is 4. The Hall–Kier alpha value is -1.63. The van der Waals surface area contributed by atoms with Gasteiger partial charge in [0.15, 0.2) is 0 Å². The van der Waals surface area contributed by atoms with Crippen LogP contribution in [0.1, 0.15) is 19.2 Å². The molecule has 1 saturated heterocycles. The number of benzene rings is 1. The highest BCUT2D eigenvalue weighted by Gasteiger charge is 2.24. The molecule has 142 valence electrons. The Bertz CT molecular complexity index is 907. The molecule has 1 unspecified atom stereocenters. The van der Waals surface area contributed by atoms with E-state index in [1.54, 1.807) is 11.3 Å². The number of thioether (sulfide) groups is 1. The minimum absolute atomic E-state index is 0.494. The number of hydrogen-bond acceptors (Lipinski definition) is 6. The molecule has 0 aliphatic carbocycles. The zero-order chi connectivity index (χ0) is 18.8. The Labute approximate surface area is 169 Å². The lowest BCUT2D eigenvalue weighted by Crippen LogP contribution is -2.35. The monoisotopic (exact) mass is 398 g/mol. The molecule has 1 aliphatic heterocycles. The molecule has 0 saturated carbocycles. The summed E-state index contributed by atoms with van der Waals surface area (Å²) in [6.07, 6.45) is 1.20. The zero-order valence-electron chi connectivity index (χ0n) is 16.2. The Kier molecular flexibility index (Phi) is 5.66. The maximum atomic E-state index is 5.09. The largest absolute Gasteiger partial charge is 0.352 e. The molecule has 0 amide bonds. The van der Waals surface area contributed by atoms with E-state index in [1.807, 2.05) is 0 Å². The van der Waals surface area contributed by atoms with Crippen molar-refractivity contribution in [3.63, 3.8) is 0 Å². The minimum atomic E-state index is 0.494. The second kappa shape index (κ2) is 8.17. The van der Waals surface area contributed by atoms with Gasteiger partial charge in [-0.25, -0.2) is 9.97 Å². The van der Waals surface area contributed by atoms with Crippen molar-refractivity contribution in [3.8, 4) is 11.1 Å². The van der Waals surface area contributed by atoms with Crippen molar-refractivity contribution < 1.29 is 0 Å². The molecule has 0 spiro atoms. The van der Waals surface area contributed by atoms with Crippen molar-refractivity contribution in [2.75, 3.05) is 37.0 Å². The number of aromatic nitrogens is 2. The van der Waals surface area contributed by atoms with Crippen molar-refractivity contribution in [3.05, 3.63) is 41.5 Å². The molecule has 6 heteroatoms. The Balaban J connectivity index is 1.90. The van der Waals surface area contributed by atoms with E-state index in [1.165, 1.54) is 28.7 Å². The SMILES string of the molecule is CC1CCSCCN1c1nc(CN(C)C)nc2scc(-c3ccccc3)c12. The molecule has 0 N–H and O–H groups in total. The molecule has 1 aliphatic rings. The van der Waals surface area contributed by atoms with Crippen LogP contribution < -0.4 is 4.90 Å². The molecule has 1 atom stereocenters. The first-order valence-corrected chi connectivity index (χ1v) is 11.5. The lowest BCUT2D eigenvalue weighted by Gasteiger charge is -2.29. The second-order valence-corrected chi connectivity index (χ2v) is 9.42. The lowest BCUT2D eigenvalue weighted by atomic mass is 10.1. The van der Waals surface area contributed by atoms with Crippen LogP contribution in [0.25, 0.3) is 21.3 Å². The predicted octanol–water partition coefficient (Wildman–Crippen LogP) is 4.75. The molecule has 4 nitrogen and oxygen atoms in total. The van der Waals surface area contributed by atoms with E-state index in [-0.39, 0.29) is 0 Å². The second-order valence-electron chi connectivity index (χ2n) is 7.34.